The van der Waals surface area contributed by atoms with Crippen LogP contribution in [0.4, 0.5) is 5.69 Å². The molecular weight excluding hydrogens is 240 g/mol. The number of nitrogens with one attached hydrogen (secondary N) is 1. The molecule has 19 heavy (non-hydrogen) atoms. The van der Waals surface area contributed by atoms with Crippen molar-refractivity contribution in [2.75, 3.05) is 18.5 Å². The van der Waals surface area contributed by atoms with Crippen molar-refractivity contribution in [2.24, 2.45) is 4.99 Å². The zero-order chi connectivity index (χ0) is 13.5. The lowest BCUT2D eigenvalue weighted by Gasteiger charge is -2.09. The molecular formula is C15H20N2O2. The van der Waals surface area contributed by atoms with E-state index in [1.807, 2.05) is 12.1 Å². The maximum Gasteiger partial charge on any atom is 0.338 e. The molecule has 2 rings (SSSR count). The quantitative estimate of drug-likeness (QED) is 0.849. The van der Waals surface area contributed by atoms with Crippen LogP contribution in [0.5, 0.6) is 0 Å². The molecule has 0 aromatic heterocycles. The van der Waals surface area contributed by atoms with Crippen LogP contribution < -0.4 is 5.32 Å². The smallest absolute Gasteiger partial charge is 0.338 e. The third-order valence-electron chi connectivity index (χ3n) is 3.06. The Kier molecular flexibility index (Phi) is 4.95. The molecule has 0 bridgehead atoms. The van der Waals surface area contributed by atoms with Crippen LogP contribution in [-0.4, -0.2) is 25.0 Å². The fraction of sp³-hybridized carbons (Fsp3) is 0.467. The molecule has 1 N–H and O–H groups in total. The average Bonchev–Trinajstić information content (AvgIpc) is 2.68. The first-order chi connectivity index (χ1) is 9.29. The number of hydrogen-bond donors (Lipinski definition) is 1. The number of aliphatic imine (C=N–C) groups is 1. The van der Waals surface area contributed by atoms with E-state index in [0.29, 0.717) is 12.2 Å². The second-order valence-corrected chi connectivity index (χ2v) is 4.56. The van der Waals surface area contributed by atoms with Crippen molar-refractivity contribution in [1.82, 2.24) is 0 Å². The van der Waals surface area contributed by atoms with Crippen LogP contribution in [0.1, 0.15) is 43.0 Å². The Labute approximate surface area is 113 Å². The van der Waals surface area contributed by atoms with E-state index < -0.39 is 0 Å². The summed E-state index contributed by atoms with van der Waals surface area (Å²) in [6.45, 7) is 3.11. The van der Waals surface area contributed by atoms with E-state index in [4.69, 9.17) is 4.74 Å². The van der Waals surface area contributed by atoms with E-state index in [-0.39, 0.29) is 5.97 Å². The van der Waals surface area contributed by atoms with Gasteiger partial charge in [-0.3, -0.25) is 4.99 Å². The highest BCUT2D eigenvalue weighted by atomic mass is 16.5. The fourth-order valence-corrected chi connectivity index (χ4v) is 2.05. The Bertz CT molecular complexity index is 452. The Morgan fingerprint density at radius 2 is 2.05 bits per heavy atom. The van der Waals surface area contributed by atoms with Gasteiger partial charge in [0.15, 0.2) is 0 Å². The van der Waals surface area contributed by atoms with Crippen molar-refractivity contribution in [1.29, 1.82) is 0 Å². The lowest BCUT2D eigenvalue weighted by Crippen LogP contribution is -2.12. The standard InChI is InChI=1S/C15H20N2O2/c1-2-19-15(18)12-7-9-13(10-8-12)17-14-6-4-3-5-11-16-14/h7-10H,2-6,11H2,1H3,(H,16,17). The number of hydrogen-bond acceptors (Lipinski definition) is 4. The Morgan fingerprint density at radius 3 is 2.79 bits per heavy atom. The first kappa shape index (κ1) is 13.6. The number of carbonyl (C=O) groups is 1. The molecule has 1 aliphatic rings. The number of benzene rings is 1. The molecule has 0 spiro atoms. The SMILES string of the molecule is CCOC(=O)c1ccc(NC2=NCCCCC2)cc1. The summed E-state index contributed by atoms with van der Waals surface area (Å²) in [6.07, 6.45) is 4.61. The largest absolute Gasteiger partial charge is 0.462 e. The van der Waals surface area contributed by atoms with Crippen LogP contribution in [0.25, 0.3) is 0 Å². The lowest BCUT2D eigenvalue weighted by atomic mass is 10.2. The minimum atomic E-state index is -0.277. The molecule has 1 heterocycles. The van der Waals surface area contributed by atoms with E-state index >= 15 is 0 Å². The molecule has 0 saturated carbocycles. The van der Waals surface area contributed by atoms with E-state index in [2.05, 4.69) is 10.3 Å². The number of carbonyl (C=O) groups excluding carboxylic acids is 1. The molecule has 102 valence electrons. The molecule has 1 aromatic carbocycles. The van der Waals surface area contributed by atoms with Crippen LogP contribution in [0.3, 0.4) is 0 Å². The second kappa shape index (κ2) is 6.92. The molecule has 0 saturated heterocycles. The van der Waals surface area contributed by atoms with Crippen molar-refractivity contribution < 1.29 is 9.53 Å². The first-order valence-corrected chi connectivity index (χ1v) is 6.87. The zero-order valence-corrected chi connectivity index (χ0v) is 11.3. The molecule has 0 amide bonds. The van der Waals surface area contributed by atoms with Crippen molar-refractivity contribution in [2.45, 2.75) is 32.6 Å². The summed E-state index contributed by atoms with van der Waals surface area (Å²) < 4.78 is 4.95. The second-order valence-electron chi connectivity index (χ2n) is 4.56. The third kappa shape index (κ3) is 4.09. The molecule has 4 heteroatoms. The van der Waals surface area contributed by atoms with Gasteiger partial charge in [-0.15, -0.1) is 0 Å². The summed E-state index contributed by atoms with van der Waals surface area (Å²) in [5.41, 5.74) is 1.55. The Hall–Kier alpha value is -1.84. The summed E-state index contributed by atoms with van der Waals surface area (Å²) in [5, 5.41) is 3.32. The van der Waals surface area contributed by atoms with Crippen LogP contribution in [-0.2, 0) is 4.74 Å². The molecule has 0 radical (unpaired) electrons. The molecule has 0 atom stereocenters. The van der Waals surface area contributed by atoms with Crippen molar-refractivity contribution >= 4 is 17.5 Å². The Morgan fingerprint density at radius 1 is 1.26 bits per heavy atom. The number of nitrogens with zero attached hydrogens (tertiary/aromatic N) is 1. The monoisotopic (exact) mass is 260 g/mol. The summed E-state index contributed by atoms with van der Waals surface area (Å²) in [4.78, 5) is 16.0. The third-order valence-corrected chi connectivity index (χ3v) is 3.06. The predicted octanol–water partition coefficient (Wildman–Crippen LogP) is 3.25. The number of anilines is 1. The Balaban J connectivity index is 1.98. The topological polar surface area (TPSA) is 50.7 Å². The minimum absolute atomic E-state index is 0.277. The van der Waals surface area contributed by atoms with Gasteiger partial charge in [0.25, 0.3) is 0 Å². The first-order valence-electron chi connectivity index (χ1n) is 6.87. The maximum atomic E-state index is 11.5. The van der Waals surface area contributed by atoms with Gasteiger partial charge in [-0.25, -0.2) is 4.79 Å². The molecule has 0 unspecified atom stereocenters. The number of amidine groups is 1. The number of rotatable bonds is 3. The van der Waals surface area contributed by atoms with Crippen LogP contribution in [0.15, 0.2) is 29.3 Å². The highest BCUT2D eigenvalue weighted by molar-refractivity contribution is 5.96. The molecule has 1 aromatic rings. The van der Waals surface area contributed by atoms with Gasteiger partial charge in [-0.1, -0.05) is 6.42 Å². The highest BCUT2D eigenvalue weighted by Crippen LogP contribution is 2.14. The summed E-state index contributed by atoms with van der Waals surface area (Å²) in [7, 11) is 0. The summed E-state index contributed by atoms with van der Waals surface area (Å²) in [5.74, 6) is 0.766. The summed E-state index contributed by atoms with van der Waals surface area (Å²) >= 11 is 0. The van der Waals surface area contributed by atoms with Crippen LogP contribution in [0, 0.1) is 0 Å². The van der Waals surface area contributed by atoms with Crippen molar-refractivity contribution in [3.8, 4) is 0 Å². The molecule has 4 nitrogen and oxygen atoms in total. The van der Waals surface area contributed by atoms with E-state index in [1.165, 1.54) is 19.3 Å². The van der Waals surface area contributed by atoms with Crippen molar-refractivity contribution in [3.05, 3.63) is 29.8 Å². The highest BCUT2D eigenvalue weighted by Gasteiger charge is 2.07. The van der Waals surface area contributed by atoms with Gasteiger partial charge in [0.2, 0.25) is 0 Å². The average molecular weight is 260 g/mol. The lowest BCUT2D eigenvalue weighted by molar-refractivity contribution is 0.0526. The minimum Gasteiger partial charge on any atom is -0.462 e. The number of esters is 1. The van der Waals surface area contributed by atoms with Gasteiger partial charge in [0.1, 0.15) is 5.84 Å². The number of ether oxygens (including phenoxy) is 1. The predicted molar refractivity (Wildman–Crippen MR) is 76.8 cm³/mol. The fourth-order valence-electron chi connectivity index (χ4n) is 2.05. The molecule has 0 aliphatic carbocycles. The molecule has 0 fully saturated rings. The maximum absolute atomic E-state index is 11.5. The van der Waals surface area contributed by atoms with Crippen LogP contribution >= 0.6 is 0 Å². The normalized spacial score (nSPS) is 15.3. The van der Waals surface area contributed by atoms with Gasteiger partial charge in [0, 0.05) is 18.7 Å². The van der Waals surface area contributed by atoms with Gasteiger partial charge in [-0.2, -0.15) is 0 Å². The zero-order valence-electron chi connectivity index (χ0n) is 11.3. The van der Waals surface area contributed by atoms with E-state index in [1.54, 1.807) is 19.1 Å². The van der Waals surface area contributed by atoms with Crippen LogP contribution in [0.2, 0.25) is 0 Å². The summed E-state index contributed by atoms with van der Waals surface area (Å²) in [6, 6.07) is 7.33. The van der Waals surface area contributed by atoms with Gasteiger partial charge in [-0.05, 0) is 44.0 Å². The molecule has 1 aliphatic heterocycles. The van der Waals surface area contributed by atoms with Gasteiger partial charge >= 0.3 is 5.97 Å². The van der Waals surface area contributed by atoms with E-state index in [9.17, 15) is 4.79 Å². The van der Waals surface area contributed by atoms with Crippen molar-refractivity contribution in [3.63, 3.8) is 0 Å². The van der Waals surface area contributed by atoms with Gasteiger partial charge < -0.3 is 10.1 Å². The van der Waals surface area contributed by atoms with Gasteiger partial charge in [0.05, 0.1) is 12.2 Å². The van der Waals surface area contributed by atoms with E-state index in [0.717, 1.165) is 24.5 Å².